The van der Waals surface area contributed by atoms with E-state index < -0.39 is 11.6 Å². The molecule has 1 spiro atoms. The summed E-state index contributed by atoms with van der Waals surface area (Å²) in [4.78, 5) is 41.7. The Morgan fingerprint density at radius 1 is 1.17 bits per heavy atom. The average Bonchev–Trinajstić information content (AvgIpc) is 3.15. The molecule has 3 aliphatic rings. The standard InChI is InChI=1S/C22H29N3O4/c1-15-5-6-18-17(13-15)20(27)23-14-22(29-18)8-7-19(26)25(12-9-22)16(2)21(28)24-10-3-4-11-24/h5-6,13,16H,3-4,7-12,14H2,1-2H3,(H,23,27)/t16-,22+/m0/s1. The Balaban J connectivity index is 1.52. The first kappa shape index (κ1) is 19.7. The van der Waals surface area contributed by atoms with Crippen LogP contribution in [0.15, 0.2) is 18.2 Å². The van der Waals surface area contributed by atoms with Crippen molar-refractivity contribution in [1.82, 2.24) is 15.1 Å². The molecule has 2 fully saturated rings. The van der Waals surface area contributed by atoms with E-state index in [0.717, 1.165) is 31.5 Å². The number of carbonyl (C=O) groups is 3. The lowest BCUT2D eigenvalue weighted by Crippen LogP contribution is -2.49. The molecule has 29 heavy (non-hydrogen) atoms. The predicted octanol–water partition coefficient (Wildman–Crippen LogP) is 1.88. The van der Waals surface area contributed by atoms with Gasteiger partial charge < -0.3 is 19.9 Å². The highest BCUT2D eigenvalue weighted by Crippen LogP contribution is 2.34. The molecule has 0 aromatic heterocycles. The molecule has 3 amide bonds. The van der Waals surface area contributed by atoms with Crippen LogP contribution in [0, 0.1) is 6.92 Å². The number of aryl methyl sites for hydroxylation is 1. The van der Waals surface area contributed by atoms with Crippen LogP contribution in [0.1, 0.15) is 54.9 Å². The lowest BCUT2D eigenvalue weighted by molar-refractivity contribution is -0.144. The maximum atomic E-state index is 12.9. The van der Waals surface area contributed by atoms with Gasteiger partial charge in [0.2, 0.25) is 11.8 Å². The third-order valence-electron chi connectivity index (χ3n) is 6.44. The van der Waals surface area contributed by atoms with Gasteiger partial charge in [0.05, 0.1) is 12.1 Å². The van der Waals surface area contributed by atoms with Gasteiger partial charge in [-0.05, 0) is 45.2 Å². The van der Waals surface area contributed by atoms with Crippen LogP contribution in [0.5, 0.6) is 5.75 Å². The van der Waals surface area contributed by atoms with Crippen LogP contribution in [0.2, 0.25) is 0 Å². The van der Waals surface area contributed by atoms with E-state index >= 15 is 0 Å². The number of hydrogen-bond donors (Lipinski definition) is 1. The molecular weight excluding hydrogens is 370 g/mol. The van der Waals surface area contributed by atoms with Gasteiger partial charge in [-0.3, -0.25) is 14.4 Å². The van der Waals surface area contributed by atoms with E-state index in [0.29, 0.717) is 43.7 Å². The van der Waals surface area contributed by atoms with Crippen molar-refractivity contribution in [2.45, 2.75) is 57.6 Å². The lowest BCUT2D eigenvalue weighted by atomic mass is 9.94. The molecule has 0 aliphatic carbocycles. The number of nitrogens with one attached hydrogen (secondary N) is 1. The fourth-order valence-corrected chi connectivity index (χ4v) is 4.59. The molecule has 0 bridgehead atoms. The zero-order valence-corrected chi connectivity index (χ0v) is 17.2. The summed E-state index contributed by atoms with van der Waals surface area (Å²) in [6, 6.07) is 5.12. The molecule has 3 heterocycles. The number of nitrogens with zero attached hydrogens (tertiary/aromatic N) is 2. The van der Waals surface area contributed by atoms with E-state index in [1.807, 2.05) is 36.9 Å². The highest BCUT2D eigenvalue weighted by Gasteiger charge is 2.42. The van der Waals surface area contributed by atoms with E-state index in [2.05, 4.69) is 5.32 Å². The minimum Gasteiger partial charge on any atom is -0.485 e. The Kier molecular flexibility index (Phi) is 5.23. The van der Waals surface area contributed by atoms with Crippen molar-refractivity contribution in [2.24, 2.45) is 0 Å². The summed E-state index contributed by atoms with van der Waals surface area (Å²) in [6.07, 6.45) is 3.45. The smallest absolute Gasteiger partial charge is 0.255 e. The van der Waals surface area contributed by atoms with E-state index in [1.165, 1.54) is 0 Å². The molecule has 1 aromatic rings. The average molecular weight is 399 g/mol. The SMILES string of the molecule is Cc1ccc2c(c1)C(=O)NC[C@]1(CCC(=O)N([C@@H](C)C(=O)N3CCCC3)CC1)O2. The summed E-state index contributed by atoms with van der Waals surface area (Å²) in [5.41, 5.74) is 0.888. The molecule has 3 aliphatic heterocycles. The van der Waals surface area contributed by atoms with Gasteiger partial charge in [0, 0.05) is 32.5 Å². The number of carbonyl (C=O) groups excluding carboxylic acids is 3. The molecule has 7 heteroatoms. The number of rotatable bonds is 2. The molecule has 2 atom stereocenters. The molecule has 4 rings (SSSR count). The van der Waals surface area contributed by atoms with Crippen LogP contribution >= 0.6 is 0 Å². The highest BCUT2D eigenvalue weighted by molar-refractivity contribution is 5.97. The highest BCUT2D eigenvalue weighted by atomic mass is 16.5. The number of amides is 3. The van der Waals surface area contributed by atoms with E-state index in [-0.39, 0.29) is 17.7 Å². The van der Waals surface area contributed by atoms with Crippen molar-refractivity contribution in [1.29, 1.82) is 0 Å². The van der Waals surface area contributed by atoms with Crippen LogP contribution in [0.25, 0.3) is 0 Å². The second kappa shape index (κ2) is 7.69. The van der Waals surface area contributed by atoms with Gasteiger partial charge in [0.25, 0.3) is 5.91 Å². The van der Waals surface area contributed by atoms with Crippen LogP contribution in [-0.2, 0) is 9.59 Å². The summed E-state index contributed by atoms with van der Waals surface area (Å²) in [7, 11) is 0. The van der Waals surface area contributed by atoms with Crippen molar-refractivity contribution in [3.63, 3.8) is 0 Å². The minimum atomic E-state index is -0.642. The van der Waals surface area contributed by atoms with Crippen LogP contribution < -0.4 is 10.1 Å². The third kappa shape index (κ3) is 3.82. The first-order valence-electron chi connectivity index (χ1n) is 10.5. The van der Waals surface area contributed by atoms with Gasteiger partial charge >= 0.3 is 0 Å². The molecule has 0 radical (unpaired) electrons. The number of ether oxygens (including phenoxy) is 1. The Morgan fingerprint density at radius 3 is 2.69 bits per heavy atom. The van der Waals surface area contributed by atoms with Gasteiger partial charge in [-0.15, -0.1) is 0 Å². The third-order valence-corrected chi connectivity index (χ3v) is 6.44. The molecule has 0 unspecified atom stereocenters. The normalized spacial score (nSPS) is 25.7. The van der Waals surface area contributed by atoms with E-state index in [9.17, 15) is 14.4 Å². The van der Waals surface area contributed by atoms with Crippen LogP contribution in [0.4, 0.5) is 0 Å². The van der Waals surface area contributed by atoms with E-state index in [1.54, 1.807) is 4.90 Å². The fraction of sp³-hybridized carbons (Fsp3) is 0.591. The zero-order valence-electron chi connectivity index (χ0n) is 17.2. The molecule has 1 N–H and O–H groups in total. The Morgan fingerprint density at radius 2 is 1.93 bits per heavy atom. The monoisotopic (exact) mass is 399 g/mol. The molecule has 1 aromatic carbocycles. The Labute approximate surface area is 171 Å². The minimum absolute atomic E-state index is 0.0229. The molecule has 7 nitrogen and oxygen atoms in total. The number of fused-ring (bicyclic) bond motifs is 1. The van der Waals surface area contributed by atoms with Crippen molar-refractivity contribution >= 4 is 17.7 Å². The van der Waals surface area contributed by atoms with Crippen LogP contribution in [0.3, 0.4) is 0 Å². The van der Waals surface area contributed by atoms with Gasteiger partial charge in [0.1, 0.15) is 17.4 Å². The maximum absolute atomic E-state index is 12.9. The van der Waals surface area contributed by atoms with Crippen molar-refractivity contribution in [2.75, 3.05) is 26.2 Å². The van der Waals surface area contributed by atoms with Crippen molar-refractivity contribution in [3.8, 4) is 5.75 Å². The predicted molar refractivity (Wildman–Crippen MR) is 108 cm³/mol. The van der Waals surface area contributed by atoms with Gasteiger partial charge in [-0.25, -0.2) is 0 Å². The number of likely N-dealkylation sites (tertiary alicyclic amines) is 2. The largest absolute Gasteiger partial charge is 0.485 e. The summed E-state index contributed by atoms with van der Waals surface area (Å²) < 4.78 is 6.37. The van der Waals surface area contributed by atoms with Crippen molar-refractivity contribution in [3.05, 3.63) is 29.3 Å². The first-order chi connectivity index (χ1) is 13.9. The fourth-order valence-electron chi connectivity index (χ4n) is 4.59. The van der Waals surface area contributed by atoms with Crippen LogP contribution in [-0.4, -0.2) is 65.3 Å². The van der Waals surface area contributed by atoms with E-state index in [4.69, 9.17) is 4.74 Å². The van der Waals surface area contributed by atoms with Gasteiger partial charge in [-0.2, -0.15) is 0 Å². The number of hydrogen-bond acceptors (Lipinski definition) is 4. The summed E-state index contributed by atoms with van der Waals surface area (Å²) in [5, 5.41) is 2.97. The van der Waals surface area contributed by atoms with Crippen molar-refractivity contribution < 1.29 is 19.1 Å². The summed E-state index contributed by atoms with van der Waals surface area (Å²) >= 11 is 0. The number of benzene rings is 1. The molecule has 0 saturated carbocycles. The zero-order chi connectivity index (χ0) is 20.6. The van der Waals surface area contributed by atoms with Gasteiger partial charge in [-0.1, -0.05) is 11.6 Å². The Bertz CT molecular complexity index is 833. The second-order valence-electron chi connectivity index (χ2n) is 8.51. The Hall–Kier alpha value is -2.57. The lowest BCUT2D eigenvalue weighted by Gasteiger charge is -2.33. The quantitative estimate of drug-likeness (QED) is 0.824. The summed E-state index contributed by atoms with van der Waals surface area (Å²) in [6.45, 7) is 6.12. The first-order valence-corrected chi connectivity index (χ1v) is 10.5. The maximum Gasteiger partial charge on any atom is 0.255 e. The molecule has 2 saturated heterocycles. The summed E-state index contributed by atoms with van der Waals surface area (Å²) in [5.74, 6) is 0.422. The topological polar surface area (TPSA) is 79.0 Å². The molecule has 156 valence electrons. The molecular formula is C22H29N3O4. The van der Waals surface area contributed by atoms with Gasteiger partial charge in [0.15, 0.2) is 0 Å². The second-order valence-corrected chi connectivity index (χ2v) is 8.51.